The Kier molecular flexibility index (Phi) is 3.57. The molecule has 0 aliphatic heterocycles. The minimum absolute atomic E-state index is 0.0840. The molecule has 0 amide bonds. The topological polar surface area (TPSA) is 94.5 Å². The molecule has 0 aliphatic rings. The van der Waals surface area contributed by atoms with Crippen molar-refractivity contribution >= 4 is 17.6 Å². The summed E-state index contributed by atoms with van der Waals surface area (Å²) in [5, 5.41) is 11.0. The van der Waals surface area contributed by atoms with Crippen molar-refractivity contribution in [2.75, 3.05) is 5.43 Å². The van der Waals surface area contributed by atoms with Crippen LogP contribution in [0.5, 0.6) is 0 Å². The van der Waals surface area contributed by atoms with Gasteiger partial charge < -0.3 is 5.43 Å². The number of nitrogens with one attached hydrogen (secondary N) is 1. The molecular weight excluding hydrogens is 283 g/mol. The predicted molar refractivity (Wildman–Crippen MR) is 60.0 cm³/mol. The van der Waals surface area contributed by atoms with Gasteiger partial charge in [-0.15, -0.1) is 5.10 Å². The molecule has 2 rings (SSSR count). The lowest BCUT2D eigenvalue weighted by Crippen LogP contribution is -2.12. The molecule has 11 heteroatoms. The number of hydrogen-bond donors (Lipinski definition) is 2. The maximum Gasteiger partial charge on any atom is 0.416 e. The lowest BCUT2D eigenvalue weighted by atomic mass is 10.2. The van der Waals surface area contributed by atoms with Gasteiger partial charge in [0.25, 0.3) is 0 Å². The molecular formula is C8H8F3N7S. The van der Waals surface area contributed by atoms with Crippen LogP contribution >= 0.6 is 11.8 Å². The Morgan fingerprint density at radius 2 is 2.11 bits per heavy atom. The summed E-state index contributed by atoms with van der Waals surface area (Å²) in [6.45, 7) is 0. The molecule has 0 radical (unpaired) electrons. The maximum atomic E-state index is 12.7. The Labute approximate surface area is 109 Å². The third-order valence-electron chi connectivity index (χ3n) is 2.05. The van der Waals surface area contributed by atoms with Crippen molar-refractivity contribution < 1.29 is 13.2 Å². The van der Waals surface area contributed by atoms with Crippen LogP contribution in [0.25, 0.3) is 0 Å². The first-order valence-electron chi connectivity index (χ1n) is 4.86. The Balaban J connectivity index is 2.37. The van der Waals surface area contributed by atoms with E-state index in [0.717, 1.165) is 23.9 Å². The molecule has 0 aromatic carbocycles. The zero-order chi connectivity index (χ0) is 14.0. The molecule has 0 unspecified atom stereocenters. The van der Waals surface area contributed by atoms with Gasteiger partial charge in [-0.25, -0.2) is 15.5 Å². The first-order valence-corrected chi connectivity index (χ1v) is 5.68. The van der Waals surface area contributed by atoms with E-state index in [9.17, 15) is 13.2 Å². The van der Waals surface area contributed by atoms with Crippen LogP contribution in [0.2, 0.25) is 0 Å². The summed E-state index contributed by atoms with van der Waals surface area (Å²) in [7, 11) is 1.57. The molecule has 0 saturated heterocycles. The van der Waals surface area contributed by atoms with Gasteiger partial charge in [0.1, 0.15) is 10.8 Å². The van der Waals surface area contributed by atoms with E-state index in [2.05, 4.69) is 25.9 Å². The van der Waals surface area contributed by atoms with Gasteiger partial charge in [-0.1, -0.05) is 0 Å². The Morgan fingerprint density at radius 1 is 1.37 bits per heavy atom. The van der Waals surface area contributed by atoms with Gasteiger partial charge in [0.2, 0.25) is 5.16 Å². The summed E-state index contributed by atoms with van der Waals surface area (Å²) >= 11 is 0.901. The highest BCUT2D eigenvalue weighted by atomic mass is 32.2. The molecule has 2 heterocycles. The quantitative estimate of drug-likeness (QED) is 0.645. The molecule has 0 aliphatic carbocycles. The summed E-state index contributed by atoms with van der Waals surface area (Å²) < 4.78 is 39.4. The zero-order valence-corrected chi connectivity index (χ0v) is 10.3. The van der Waals surface area contributed by atoms with E-state index in [1.165, 1.54) is 4.68 Å². The van der Waals surface area contributed by atoms with E-state index < -0.39 is 11.7 Å². The molecule has 0 spiro atoms. The SMILES string of the molecule is Cn1nnnc1Sc1cc(C(F)(F)F)cc(NN)n1. The van der Waals surface area contributed by atoms with Crippen LogP contribution in [0.1, 0.15) is 5.56 Å². The fraction of sp³-hybridized carbons (Fsp3) is 0.250. The number of alkyl halides is 3. The van der Waals surface area contributed by atoms with Crippen LogP contribution in [0, 0.1) is 0 Å². The van der Waals surface area contributed by atoms with Crippen LogP contribution in [0.3, 0.4) is 0 Å². The van der Waals surface area contributed by atoms with Gasteiger partial charge in [-0.3, -0.25) is 0 Å². The van der Waals surface area contributed by atoms with Crippen LogP contribution in [-0.2, 0) is 13.2 Å². The molecule has 7 nitrogen and oxygen atoms in total. The second-order valence-corrected chi connectivity index (χ2v) is 4.40. The van der Waals surface area contributed by atoms with Gasteiger partial charge >= 0.3 is 6.18 Å². The van der Waals surface area contributed by atoms with Crippen molar-refractivity contribution in [3.05, 3.63) is 17.7 Å². The lowest BCUT2D eigenvalue weighted by molar-refractivity contribution is -0.137. The number of halogens is 3. The second-order valence-electron chi connectivity index (χ2n) is 3.41. The Morgan fingerprint density at radius 3 is 2.63 bits per heavy atom. The number of nitrogens with zero attached hydrogens (tertiary/aromatic N) is 5. The molecule has 102 valence electrons. The fourth-order valence-electron chi connectivity index (χ4n) is 1.20. The molecule has 19 heavy (non-hydrogen) atoms. The smallest absolute Gasteiger partial charge is 0.308 e. The largest absolute Gasteiger partial charge is 0.416 e. The van der Waals surface area contributed by atoms with Crippen LogP contribution in [0.15, 0.2) is 22.3 Å². The van der Waals surface area contributed by atoms with Crippen molar-refractivity contribution in [3.8, 4) is 0 Å². The second kappa shape index (κ2) is 5.01. The first kappa shape index (κ1) is 13.5. The van der Waals surface area contributed by atoms with Crippen LogP contribution < -0.4 is 11.3 Å². The van der Waals surface area contributed by atoms with Gasteiger partial charge in [-0.2, -0.15) is 13.2 Å². The zero-order valence-electron chi connectivity index (χ0n) is 9.51. The molecule has 0 atom stereocenters. The monoisotopic (exact) mass is 291 g/mol. The third kappa shape index (κ3) is 3.12. The Hall–Kier alpha value is -1.88. The molecule has 2 aromatic heterocycles. The van der Waals surface area contributed by atoms with Gasteiger partial charge in [0.15, 0.2) is 0 Å². The van der Waals surface area contributed by atoms with Crippen molar-refractivity contribution in [3.63, 3.8) is 0 Å². The summed E-state index contributed by atoms with van der Waals surface area (Å²) in [5.74, 6) is 5.01. The number of aryl methyl sites for hydroxylation is 1. The van der Waals surface area contributed by atoms with E-state index in [-0.39, 0.29) is 10.8 Å². The van der Waals surface area contributed by atoms with Crippen molar-refractivity contribution in [1.82, 2.24) is 25.2 Å². The number of anilines is 1. The minimum Gasteiger partial charge on any atom is -0.308 e. The van der Waals surface area contributed by atoms with E-state index in [0.29, 0.717) is 5.16 Å². The highest BCUT2D eigenvalue weighted by Gasteiger charge is 2.31. The summed E-state index contributed by atoms with van der Waals surface area (Å²) in [6.07, 6.45) is -4.48. The average Bonchev–Trinajstić information content (AvgIpc) is 2.73. The number of hydrogen-bond acceptors (Lipinski definition) is 7. The lowest BCUT2D eigenvalue weighted by Gasteiger charge is -2.10. The van der Waals surface area contributed by atoms with E-state index in [4.69, 9.17) is 5.84 Å². The standard InChI is InChI=1S/C8H8F3N7S/c1-18-7(15-16-17-18)19-6-3-4(8(9,10)11)2-5(13-6)14-12/h2-3H,12H2,1H3,(H,13,14). The van der Waals surface area contributed by atoms with Gasteiger partial charge in [0, 0.05) is 7.05 Å². The molecule has 0 fully saturated rings. The minimum atomic E-state index is -4.48. The average molecular weight is 291 g/mol. The van der Waals surface area contributed by atoms with E-state index >= 15 is 0 Å². The van der Waals surface area contributed by atoms with Crippen molar-refractivity contribution in [1.29, 1.82) is 0 Å². The number of nitrogen functional groups attached to an aromatic ring is 1. The first-order chi connectivity index (χ1) is 8.90. The highest BCUT2D eigenvalue weighted by Crippen LogP contribution is 2.34. The number of aromatic nitrogens is 5. The van der Waals surface area contributed by atoms with Crippen molar-refractivity contribution in [2.45, 2.75) is 16.4 Å². The number of nitrogens with two attached hydrogens (primary N) is 1. The maximum absolute atomic E-state index is 12.7. The normalized spacial score (nSPS) is 11.6. The number of hydrazine groups is 1. The highest BCUT2D eigenvalue weighted by molar-refractivity contribution is 7.99. The summed E-state index contributed by atoms with van der Waals surface area (Å²) in [4.78, 5) is 3.90. The van der Waals surface area contributed by atoms with E-state index in [1.54, 1.807) is 7.05 Å². The van der Waals surface area contributed by atoms with Crippen molar-refractivity contribution in [2.24, 2.45) is 12.9 Å². The Bertz CT molecular complexity index is 582. The number of pyridine rings is 1. The summed E-state index contributed by atoms with van der Waals surface area (Å²) in [6, 6.07) is 1.72. The third-order valence-corrected chi connectivity index (χ3v) is 3.00. The van der Waals surface area contributed by atoms with Gasteiger partial charge in [-0.05, 0) is 34.3 Å². The van der Waals surface area contributed by atoms with Crippen LogP contribution in [0.4, 0.5) is 19.0 Å². The molecule has 2 aromatic rings. The number of tetrazole rings is 1. The van der Waals surface area contributed by atoms with E-state index in [1.807, 2.05) is 0 Å². The molecule has 3 N–H and O–H groups in total. The van der Waals surface area contributed by atoms with Gasteiger partial charge in [0.05, 0.1) is 5.56 Å². The van der Waals surface area contributed by atoms with Crippen LogP contribution in [-0.4, -0.2) is 25.2 Å². The predicted octanol–water partition coefficient (Wildman–Crippen LogP) is 1.06. The number of rotatable bonds is 3. The fourth-order valence-corrected chi connectivity index (χ4v) is 1.96. The summed E-state index contributed by atoms with van der Waals surface area (Å²) in [5.41, 5.74) is 1.24. The molecule has 0 saturated carbocycles. The molecule has 0 bridgehead atoms.